The number of hydrogen-bond acceptors (Lipinski definition) is 7. The SMILES string of the molecule is COCCNc1ccn2ncc(C(=O)Nc3cc(-c4nnn(CCCC(F)(F)F)n4)ccc3C)c2c1. The van der Waals surface area contributed by atoms with Crippen molar-refractivity contribution in [1.82, 2.24) is 29.8 Å². The molecular weight excluding hydrogens is 477 g/mol. The van der Waals surface area contributed by atoms with Crippen LogP contribution < -0.4 is 10.6 Å². The molecule has 36 heavy (non-hydrogen) atoms. The second kappa shape index (κ2) is 10.7. The van der Waals surface area contributed by atoms with E-state index in [9.17, 15) is 18.0 Å². The summed E-state index contributed by atoms with van der Waals surface area (Å²) >= 11 is 0. The molecule has 0 saturated heterocycles. The summed E-state index contributed by atoms with van der Waals surface area (Å²) in [5.74, 6) is -0.0941. The van der Waals surface area contributed by atoms with Gasteiger partial charge in [-0.3, -0.25) is 4.79 Å². The first-order chi connectivity index (χ1) is 17.2. The summed E-state index contributed by atoms with van der Waals surface area (Å²) in [6, 6.07) is 8.95. The molecular formula is C23H25F3N8O2. The lowest BCUT2D eigenvalue weighted by molar-refractivity contribution is -0.136. The summed E-state index contributed by atoms with van der Waals surface area (Å²) in [6.45, 7) is 3.01. The maximum atomic E-state index is 13.1. The molecule has 1 amide bonds. The van der Waals surface area contributed by atoms with Gasteiger partial charge in [-0.15, -0.1) is 10.2 Å². The number of rotatable bonds is 10. The molecule has 190 valence electrons. The number of anilines is 2. The number of tetrazole rings is 1. The highest BCUT2D eigenvalue weighted by Gasteiger charge is 2.26. The molecule has 13 heteroatoms. The minimum absolute atomic E-state index is 0.000983. The first-order valence-corrected chi connectivity index (χ1v) is 11.2. The second-order valence-corrected chi connectivity index (χ2v) is 8.13. The van der Waals surface area contributed by atoms with Crippen LogP contribution in [0, 0.1) is 6.92 Å². The Bertz CT molecular complexity index is 1350. The first kappa shape index (κ1) is 25.1. The number of amides is 1. The summed E-state index contributed by atoms with van der Waals surface area (Å²) in [4.78, 5) is 14.3. The zero-order chi connectivity index (χ0) is 25.7. The van der Waals surface area contributed by atoms with Crippen LogP contribution in [0.5, 0.6) is 0 Å². The van der Waals surface area contributed by atoms with Crippen molar-refractivity contribution in [3.05, 3.63) is 53.9 Å². The molecule has 4 rings (SSSR count). The van der Waals surface area contributed by atoms with Crippen molar-refractivity contribution in [1.29, 1.82) is 0 Å². The number of ether oxygens (including phenoxy) is 1. The van der Waals surface area contributed by atoms with Crippen LogP contribution in [0.1, 0.15) is 28.8 Å². The van der Waals surface area contributed by atoms with Crippen LogP contribution in [-0.2, 0) is 11.3 Å². The molecule has 0 radical (unpaired) electrons. The van der Waals surface area contributed by atoms with Crippen LogP contribution in [0.4, 0.5) is 24.5 Å². The van der Waals surface area contributed by atoms with Crippen LogP contribution in [0.3, 0.4) is 0 Å². The molecule has 0 spiro atoms. The molecule has 3 aromatic heterocycles. The Balaban J connectivity index is 1.49. The van der Waals surface area contributed by atoms with Gasteiger partial charge < -0.3 is 15.4 Å². The van der Waals surface area contributed by atoms with Crippen molar-refractivity contribution in [3.63, 3.8) is 0 Å². The fourth-order valence-corrected chi connectivity index (χ4v) is 3.52. The fraction of sp³-hybridized carbons (Fsp3) is 0.348. The van der Waals surface area contributed by atoms with Crippen molar-refractivity contribution in [2.45, 2.75) is 32.5 Å². The van der Waals surface area contributed by atoms with Crippen LogP contribution in [0.15, 0.2) is 42.7 Å². The van der Waals surface area contributed by atoms with Gasteiger partial charge in [0.25, 0.3) is 5.91 Å². The lowest BCUT2D eigenvalue weighted by atomic mass is 10.1. The maximum absolute atomic E-state index is 13.1. The topological polar surface area (TPSA) is 111 Å². The van der Waals surface area contributed by atoms with Crippen molar-refractivity contribution in [3.8, 4) is 11.4 Å². The molecule has 3 heterocycles. The highest BCUT2D eigenvalue weighted by molar-refractivity contribution is 6.09. The van der Waals surface area contributed by atoms with E-state index in [1.807, 2.05) is 19.1 Å². The third-order valence-electron chi connectivity index (χ3n) is 5.42. The van der Waals surface area contributed by atoms with Crippen molar-refractivity contribution in [2.24, 2.45) is 0 Å². The summed E-state index contributed by atoms with van der Waals surface area (Å²) in [5, 5.41) is 22.3. The van der Waals surface area contributed by atoms with Gasteiger partial charge >= 0.3 is 6.18 Å². The van der Waals surface area contributed by atoms with E-state index in [0.717, 1.165) is 16.0 Å². The summed E-state index contributed by atoms with van der Waals surface area (Å²) in [6.07, 6.45) is -2.03. The second-order valence-electron chi connectivity index (χ2n) is 8.13. The van der Waals surface area contributed by atoms with E-state index >= 15 is 0 Å². The average Bonchev–Trinajstić information content (AvgIpc) is 3.47. The molecule has 0 saturated carbocycles. The molecule has 0 atom stereocenters. The van der Waals surface area contributed by atoms with Gasteiger partial charge in [0.05, 0.1) is 30.4 Å². The Morgan fingerprint density at radius 1 is 1.19 bits per heavy atom. The minimum Gasteiger partial charge on any atom is -0.383 e. The van der Waals surface area contributed by atoms with Gasteiger partial charge in [-0.05, 0) is 42.3 Å². The number of halogens is 3. The van der Waals surface area contributed by atoms with Gasteiger partial charge in [0.1, 0.15) is 0 Å². The number of nitrogens with one attached hydrogen (secondary N) is 2. The number of methoxy groups -OCH3 is 1. The van der Waals surface area contributed by atoms with E-state index in [0.29, 0.717) is 35.5 Å². The number of fused-ring (bicyclic) bond motifs is 1. The Labute approximate surface area is 204 Å². The van der Waals surface area contributed by atoms with Crippen LogP contribution in [0.2, 0.25) is 0 Å². The predicted octanol–water partition coefficient (Wildman–Crippen LogP) is 3.95. The lowest BCUT2D eigenvalue weighted by Crippen LogP contribution is -2.13. The third-order valence-corrected chi connectivity index (χ3v) is 5.42. The molecule has 4 aromatic rings. The van der Waals surface area contributed by atoms with Crippen molar-refractivity contribution in [2.75, 3.05) is 30.9 Å². The molecule has 2 N–H and O–H groups in total. The van der Waals surface area contributed by atoms with E-state index in [1.54, 1.807) is 36.0 Å². The highest BCUT2D eigenvalue weighted by atomic mass is 19.4. The lowest BCUT2D eigenvalue weighted by Gasteiger charge is -2.10. The first-order valence-electron chi connectivity index (χ1n) is 11.2. The number of alkyl halides is 3. The smallest absolute Gasteiger partial charge is 0.383 e. The minimum atomic E-state index is -4.23. The van der Waals surface area contributed by atoms with E-state index < -0.39 is 12.6 Å². The van der Waals surface area contributed by atoms with Crippen molar-refractivity contribution >= 4 is 22.8 Å². The zero-order valence-corrected chi connectivity index (χ0v) is 19.7. The summed E-state index contributed by atoms with van der Waals surface area (Å²) in [5.41, 5.74) is 3.78. The molecule has 0 fully saturated rings. The third kappa shape index (κ3) is 6.16. The average molecular weight is 503 g/mol. The molecule has 0 bridgehead atoms. The van der Waals surface area contributed by atoms with Crippen LogP contribution >= 0.6 is 0 Å². The molecule has 1 aromatic carbocycles. The quantitative estimate of drug-likeness (QED) is 0.316. The van der Waals surface area contributed by atoms with Gasteiger partial charge in [-0.25, -0.2) is 4.52 Å². The van der Waals surface area contributed by atoms with Gasteiger partial charge in [0.15, 0.2) is 0 Å². The molecule has 0 unspecified atom stereocenters. The standard InChI is InChI=1S/C23H25F3N8O2/c1-15-4-5-16(21-30-32-34(31-21)9-3-7-23(24,25)26)12-19(15)29-22(35)18-14-28-33-10-6-17(13-20(18)33)27-8-11-36-2/h4-6,10,12-14,27H,3,7-9,11H2,1-2H3,(H,29,35). The number of hydrogen-bond donors (Lipinski definition) is 2. The van der Waals surface area contributed by atoms with Crippen LogP contribution in [0.25, 0.3) is 16.9 Å². The van der Waals surface area contributed by atoms with E-state index in [-0.39, 0.29) is 24.7 Å². The number of benzene rings is 1. The maximum Gasteiger partial charge on any atom is 0.389 e. The number of carbonyl (C=O) groups excluding carboxylic acids is 1. The summed E-state index contributed by atoms with van der Waals surface area (Å²) < 4.78 is 43.8. The monoisotopic (exact) mass is 502 g/mol. The van der Waals surface area contributed by atoms with Crippen molar-refractivity contribution < 1.29 is 22.7 Å². The van der Waals surface area contributed by atoms with Gasteiger partial charge in [-0.2, -0.15) is 23.1 Å². The van der Waals surface area contributed by atoms with Gasteiger partial charge in [0, 0.05) is 43.2 Å². The normalized spacial score (nSPS) is 11.7. The fourth-order valence-electron chi connectivity index (χ4n) is 3.52. The Kier molecular flexibility index (Phi) is 7.48. The number of aromatic nitrogens is 6. The number of aryl methyl sites for hydroxylation is 2. The zero-order valence-electron chi connectivity index (χ0n) is 19.7. The predicted molar refractivity (Wildman–Crippen MR) is 127 cm³/mol. The number of pyridine rings is 1. The van der Waals surface area contributed by atoms with E-state index in [1.165, 1.54) is 6.20 Å². The highest BCUT2D eigenvalue weighted by Crippen LogP contribution is 2.25. The summed E-state index contributed by atoms with van der Waals surface area (Å²) in [7, 11) is 1.62. The van der Waals surface area contributed by atoms with Gasteiger partial charge in [0.2, 0.25) is 5.82 Å². The van der Waals surface area contributed by atoms with E-state index in [2.05, 4.69) is 31.1 Å². The van der Waals surface area contributed by atoms with Crippen LogP contribution in [-0.4, -0.2) is 62.2 Å². The Hall–Kier alpha value is -4.00. The molecule has 0 aliphatic carbocycles. The van der Waals surface area contributed by atoms with Gasteiger partial charge in [-0.1, -0.05) is 12.1 Å². The number of carbonyl (C=O) groups is 1. The largest absolute Gasteiger partial charge is 0.389 e. The molecule has 0 aliphatic rings. The Morgan fingerprint density at radius 2 is 2.03 bits per heavy atom. The molecule has 10 nitrogen and oxygen atoms in total. The molecule has 0 aliphatic heterocycles. The van der Waals surface area contributed by atoms with E-state index in [4.69, 9.17) is 4.74 Å². The Morgan fingerprint density at radius 3 is 2.81 bits per heavy atom. The number of nitrogens with zero attached hydrogens (tertiary/aromatic N) is 6.